The third kappa shape index (κ3) is 5.78. The zero-order chi connectivity index (χ0) is 13.3. The van der Waals surface area contributed by atoms with Gasteiger partial charge in [0.05, 0.1) is 12.1 Å². The minimum atomic E-state index is -0.208. The Labute approximate surface area is 119 Å². The molecule has 3 heteroatoms. The van der Waals surface area contributed by atoms with E-state index in [4.69, 9.17) is 4.74 Å². The summed E-state index contributed by atoms with van der Waals surface area (Å²) in [6, 6.07) is 10.1. The number of halogens is 1. The van der Waals surface area contributed by atoms with Gasteiger partial charge in [-0.1, -0.05) is 59.6 Å². The van der Waals surface area contributed by atoms with Crippen molar-refractivity contribution < 1.29 is 4.74 Å². The first-order valence-electron chi connectivity index (χ1n) is 6.45. The zero-order valence-electron chi connectivity index (χ0n) is 11.2. The van der Waals surface area contributed by atoms with Gasteiger partial charge in [0.15, 0.2) is 0 Å². The predicted molar refractivity (Wildman–Crippen MR) is 82.0 cm³/mol. The number of ether oxygens (including phenoxy) is 1. The molecule has 1 atom stereocenters. The van der Waals surface area contributed by atoms with Crippen LogP contribution < -0.4 is 0 Å². The largest absolute Gasteiger partial charge is 0.372 e. The van der Waals surface area contributed by atoms with Crippen molar-refractivity contribution in [1.82, 2.24) is 0 Å². The number of alkyl halides is 1. The summed E-state index contributed by atoms with van der Waals surface area (Å²) in [7, 11) is 0. The first kappa shape index (κ1) is 15.4. The second-order valence-corrected chi connectivity index (χ2v) is 5.23. The zero-order valence-corrected chi connectivity index (χ0v) is 12.8. The van der Waals surface area contributed by atoms with Gasteiger partial charge in [-0.15, -0.1) is 0 Å². The number of nitrogens with zero attached hydrogens (tertiary/aromatic N) is 1. The molecule has 1 aromatic rings. The molecule has 0 bridgehead atoms. The quantitative estimate of drug-likeness (QED) is 0.403. The van der Waals surface area contributed by atoms with Gasteiger partial charge in [0.25, 0.3) is 0 Å². The van der Waals surface area contributed by atoms with Crippen LogP contribution in [0.1, 0.15) is 32.3 Å². The lowest BCUT2D eigenvalue weighted by atomic mass is 10.1. The lowest BCUT2D eigenvalue weighted by Gasteiger charge is -2.25. The average molecular weight is 312 g/mol. The fourth-order valence-electron chi connectivity index (χ4n) is 1.47. The van der Waals surface area contributed by atoms with Crippen molar-refractivity contribution in [2.75, 3.05) is 18.5 Å². The van der Waals surface area contributed by atoms with Crippen molar-refractivity contribution in [3.05, 3.63) is 35.9 Å². The van der Waals surface area contributed by atoms with Gasteiger partial charge in [-0.3, -0.25) is 4.99 Å². The molecule has 0 radical (unpaired) electrons. The molecule has 2 nitrogen and oxygen atoms in total. The van der Waals surface area contributed by atoms with E-state index in [2.05, 4.69) is 34.8 Å². The van der Waals surface area contributed by atoms with Gasteiger partial charge in [-0.05, 0) is 18.9 Å². The Bertz CT molecular complexity index is 353. The van der Waals surface area contributed by atoms with Gasteiger partial charge >= 0.3 is 0 Å². The Morgan fingerprint density at radius 1 is 1.33 bits per heavy atom. The minimum absolute atomic E-state index is 0.208. The molecule has 0 spiro atoms. The molecule has 1 rings (SSSR count). The van der Waals surface area contributed by atoms with Gasteiger partial charge in [-0.2, -0.15) is 0 Å². The Morgan fingerprint density at radius 2 is 2.06 bits per heavy atom. The molecule has 1 unspecified atom stereocenters. The SMILES string of the molecule is CCCCOC(C)(CBr)CN=Cc1ccccc1. The number of unbranched alkanes of at least 4 members (excludes halogenated alkanes) is 1. The van der Waals surface area contributed by atoms with Crippen LogP contribution in [0.2, 0.25) is 0 Å². The standard InChI is InChI=1S/C15H22BrNO/c1-3-4-10-18-15(2,12-16)13-17-11-14-8-6-5-7-9-14/h5-9,11H,3-4,10,12-13H2,1-2H3. The summed E-state index contributed by atoms with van der Waals surface area (Å²) in [6.07, 6.45) is 4.17. The third-order valence-electron chi connectivity index (χ3n) is 2.70. The highest BCUT2D eigenvalue weighted by molar-refractivity contribution is 9.09. The molecule has 0 saturated carbocycles. The van der Waals surface area contributed by atoms with Crippen LogP contribution in [0.4, 0.5) is 0 Å². The van der Waals surface area contributed by atoms with E-state index in [-0.39, 0.29) is 5.60 Å². The highest BCUT2D eigenvalue weighted by atomic mass is 79.9. The highest BCUT2D eigenvalue weighted by Crippen LogP contribution is 2.15. The summed E-state index contributed by atoms with van der Waals surface area (Å²) in [5, 5.41) is 0.801. The number of hydrogen-bond donors (Lipinski definition) is 0. The van der Waals surface area contributed by atoms with Crippen molar-refractivity contribution in [2.24, 2.45) is 4.99 Å². The Kier molecular flexibility index (Phi) is 7.21. The topological polar surface area (TPSA) is 21.6 Å². The Morgan fingerprint density at radius 3 is 2.67 bits per heavy atom. The van der Waals surface area contributed by atoms with E-state index in [9.17, 15) is 0 Å². The van der Waals surface area contributed by atoms with Crippen molar-refractivity contribution in [3.63, 3.8) is 0 Å². The van der Waals surface area contributed by atoms with Crippen LogP contribution in [0.5, 0.6) is 0 Å². The van der Waals surface area contributed by atoms with E-state index >= 15 is 0 Å². The van der Waals surface area contributed by atoms with E-state index in [1.165, 1.54) is 0 Å². The van der Waals surface area contributed by atoms with Crippen LogP contribution in [-0.2, 0) is 4.74 Å². The molecule has 100 valence electrons. The summed E-state index contributed by atoms with van der Waals surface area (Å²) >= 11 is 3.51. The first-order chi connectivity index (χ1) is 8.70. The highest BCUT2D eigenvalue weighted by Gasteiger charge is 2.22. The van der Waals surface area contributed by atoms with Crippen LogP contribution in [0, 0.1) is 0 Å². The van der Waals surface area contributed by atoms with E-state index in [1.54, 1.807) is 0 Å². The second kappa shape index (κ2) is 8.44. The van der Waals surface area contributed by atoms with Gasteiger partial charge in [0, 0.05) is 18.2 Å². The molecule has 0 amide bonds. The van der Waals surface area contributed by atoms with Crippen molar-refractivity contribution >= 4 is 22.1 Å². The molecule has 0 aliphatic rings. The maximum absolute atomic E-state index is 5.90. The summed E-state index contributed by atoms with van der Waals surface area (Å²) in [6.45, 7) is 5.75. The Balaban J connectivity index is 2.45. The summed E-state index contributed by atoms with van der Waals surface area (Å²) in [4.78, 5) is 4.48. The molecule has 0 saturated heterocycles. The fourth-order valence-corrected chi connectivity index (χ4v) is 1.81. The number of hydrogen-bond acceptors (Lipinski definition) is 2. The van der Waals surface area contributed by atoms with Gasteiger partial charge in [-0.25, -0.2) is 0 Å². The minimum Gasteiger partial charge on any atom is -0.372 e. The molecular weight excluding hydrogens is 290 g/mol. The predicted octanol–water partition coefficient (Wildman–Crippen LogP) is 4.08. The van der Waals surface area contributed by atoms with E-state index in [0.717, 1.165) is 30.3 Å². The maximum atomic E-state index is 5.90. The molecule has 18 heavy (non-hydrogen) atoms. The molecule has 1 aromatic carbocycles. The van der Waals surface area contributed by atoms with Crippen molar-refractivity contribution in [3.8, 4) is 0 Å². The molecule has 0 fully saturated rings. The van der Waals surface area contributed by atoms with Gasteiger partial charge < -0.3 is 4.74 Å². The van der Waals surface area contributed by atoms with E-state index < -0.39 is 0 Å². The maximum Gasteiger partial charge on any atom is 0.0944 e. The summed E-state index contributed by atoms with van der Waals surface area (Å²) in [5.74, 6) is 0. The number of rotatable bonds is 8. The van der Waals surface area contributed by atoms with Gasteiger partial charge in [0.1, 0.15) is 0 Å². The monoisotopic (exact) mass is 311 g/mol. The van der Waals surface area contributed by atoms with E-state index in [0.29, 0.717) is 6.54 Å². The molecular formula is C15H22BrNO. The van der Waals surface area contributed by atoms with Gasteiger partial charge in [0.2, 0.25) is 0 Å². The Hall–Kier alpha value is -0.670. The van der Waals surface area contributed by atoms with Crippen LogP contribution in [-0.4, -0.2) is 30.3 Å². The van der Waals surface area contributed by atoms with Crippen LogP contribution in [0.15, 0.2) is 35.3 Å². The van der Waals surface area contributed by atoms with Crippen LogP contribution >= 0.6 is 15.9 Å². The normalized spacial score (nSPS) is 14.8. The fraction of sp³-hybridized carbons (Fsp3) is 0.533. The van der Waals surface area contributed by atoms with E-state index in [1.807, 2.05) is 36.5 Å². The first-order valence-corrected chi connectivity index (χ1v) is 7.57. The molecule has 0 aliphatic heterocycles. The molecule has 0 aromatic heterocycles. The smallest absolute Gasteiger partial charge is 0.0944 e. The van der Waals surface area contributed by atoms with Crippen LogP contribution in [0.3, 0.4) is 0 Å². The molecule has 0 aliphatic carbocycles. The average Bonchev–Trinajstić information content (AvgIpc) is 2.40. The lowest BCUT2D eigenvalue weighted by molar-refractivity contribution is -0.00645. The van der Waals surface area contributed by atoms with Crippen LogP contribution in [0.25, 0.3) is 0 Å². The number of benzene rings is 1. The number of aliphatic imine (C=N–C) groups is 1. The second-order valence-electron chi connectivity index (χ2n) is 4.67. The molecule has 0 N–H and O–H groups in total. The third-order valence-corrected chi connectivity index (χ3v) is 3.88. The summed E-state index contributed by atoms with van der Waals surface area (Å²) < 4.78 is 5.90. The van der Waals surface area contributed by atoms with Crippen molar-refractivity contribution in [2.45, 2.75) is 32.3 Å². The summed E-state index contributed by atoms with van der Waals surface area (Å²) in [5.41, 5.74) is 0.920. The molecule has 0 heterocycles. The van der Waals surface area contributed by atoms with Crippen molar-refractivity contribution in [1.29, 1.82) is 0 Å². The lowest BCUT2D eigenvalue weighted by Crippen LogP contribution is -2.34.